The molecule has 0 atom stereocenters. The first kappa shape index (κ1) is 14.9. The molecule has 0 unspecified atom stereocenters. The Kier molecular flexibility index (Phi) is 3.81. The van der Waals surface area contributed by atoms with Crippen molar-refractivity contribution in [3.63, 3.8) is 0 Å². The van der Waals surface area contributed by atoms with Crippen LogP contribution in [0.5, 0.6) is 0 Å². The van der Waals surface area contributed by atoms with Crippen molar-refractivity contribution in [1.82, 2.24) is 0 Å². The highest BCUT2D eigenvalue weighted by Gasteiger charge is 2.30. The van der Waals surface area contributed by atoms with E-state index in [1.165, 1.54) is 5.56 Å². The van der Waals surface area contributed by atoms with E-state index in [0.29, 0.717) is 11.3 Å². The molecule has 0 saturated heterocycles. The van der Waals surface area contributed by atoms with Gasteiger partial charge in [-0.15, -0.1) is 0 Å². The van der Waals surface area contributed by atoms with Gasteiger partial charge in [-0.3, -0.25) is 9.59 Å². The maximum absolute atomic E-state index is 13.0. The molecule has 1 aliphatic carbocycles. The van der Waals surface area contributed by atoms with Crippen LogP contribution in [-0.4, -0.2) is 18.4 Å². The molecule has 24 heavy (non-hydrogen) atoms. The van der Waals surface area contributed by atoms with Crippen molar-refractivity contribution in [1.29, 1.82) is 0 Å². The lowest BCUT2D eigenvalue weighted by Gasteiger charge is -2.29. The van der Waals surface area contributed by atoms with Crippen LogP contribution in [0.25, 0.3) is 0 Å². The Balaban J connectivity index is 1.57. The number of fused-ring (bicyclic) bond motifs is 1. The maximum Gasteiger partial charge on any atom is 0.258 e. The third kappa shape index (κ3) is 2.92. The molecule has 0 aromatic heterocycles. The van der Waals surface area contributed by atoms with E-state index in [9.17, 15) is 9.59 Å². The molecule has 2 amide bonds. The average molecular weight is 320 g/mol. The van der Waals surface area contributed by atoms with Gasteiger partial charge in [0.1, 0.15) is 0 Å². The van der Waals surface area contributed by atoms with Gasteiger partial charge in [0.15, 0.2) is 0 Å². The first-order chi connectivity index (χ1) is 11.7. The van der Waals surface area contributed by atoms with Crippen LogP contribution in [0.3, 0.4) is 0 Å². The van der Waals surface area contributed by atoms with Crippen LogP contribution in [-0.2, 0) is 11.2 Å². The second-order valence-electron chi connectivity index (χ2n) is 6.53. The van der Waals surface area contributed by atoms with Crippen molar-refractivity contribution in [3.8, 4) is 0 Å². The molecule has 0 spiro atoms. The molecule has 1 heterocycles. The summed E-state index contributed by atoms with van der Waals surface area (Å²) < 4.78 is 0. The number of hydrogen-bond acceptors (Lipinski definition) is 2. The standard InChI is InChI=1S/C20H20N2O2/c23-19(15-10-11-15)21-17-8-3-6-16(13-17)20(24)22-12-4-7-14-5-1-2-9-18(14)22/h1-3,5-6,8-9,13,15H,4,7,10-12H2,(H,21,23). The van der Waals surface area contributed by atoms with Crippen LogP contribution in [0.2, 0.25) is 0 Å². The zero-order chi connectivity index (χ0) is 16.5. The lowest BCUT2D eigenvalue weighted by molar-refractivity contribution is -0.117. The molecular formula is C20H20N2O2. The molecule has 4 heteroatoms. The number of nitrogens with zero attached hydrogens (tertiary/aromatic N) is 1. The summed E-state index contributed by atoms with van der Waals surface area (Å²) in [6.45, 7) is 0.731. The van der Waals surface area contributed by atoms with Gasteiger partial charge in [0, 0.05) is 29.4 Å². The van der Waals surface area contributed by atoms with E-state index < -0.39 is 0 Å². The molecule has 1 fully saturated rings. The van der Waals surface area contributed by atoms with E-state index in [4.69, 9.17) is 0 Å². The molecule has 1 N–H and O–H groups in total. The summed E-state index contributed by atoms with van der Waals surface area (Å²) >= 11 is 0. The van der Waals surface area contributed by atoms with Gasteiger partial charge in [0.05, 0.1) is 0 Å². The lowest BCUT2D eigenvalue weighted by Crippen LogP contribution is -2.35. The second kappa shape index (κ2) is 6.11. The highest BCUT2D eigenvalue weighted by Crippen LogP contribution is 2.31. The van der Waals surface area contributed by atoms with Gasteiger partial charge < -0.3 is 10.2 Å². The van der Waals surface area contributed by atoms with E-state index in [-0.39, 0.29) is 17.7 Å². The Morgan fingerprint density at radius 2 is 1.88 bits per heavy atom. The number of anilines is 2. The number of carbonyl (C=O) groups is 2. The molecule has 0 bridgehead atoms. The Labute approximate surface area is 141 Å². The molecule has 2 aromatic rings. The predicted molar refractivity (Wildman–Crippen MR) is 94.2 cm³/mol. The summed E-state index contributed by atoms with van der Waals surface area (Å²) in [5.74, 6) is 0.200. The van der Waals surface area contributed by atoms with Crippen molar-refractivity contribution in [2.75, 3.05) is 16.8 Å². The third-order valence-electron chi connectivity index (χ3n) is 4.68. The smallest absolute Gasteiger partial charge is 0.258 e. The lowest BCUT2D eigenvalue weighted by atomic mass is 10.0. The minimum Gasteiger partial charge on any atom is -0.326 e. The number of rotatable bonds is 3. The van der Waals surface area contributed by atoms with Crippen LogP contribution in [0.15, 0.2) is 48.5 Å². The molecular weight excluding hydrogens is 300 g/mol. The molecule has 4 rings (SSSR count). The molecule has 2 aromatic carbocycles. The molecule has 1 aliphatic heterocycles. The van der Waals surface area contributed by atoms with E-state index in [1.54, 1.807) is 6.07 Å². The van der Waals surface area contributed by atoms with E-state index >= 15 is 0 Å². The fourth-order valence-electron chi connectivity index (χ4n) is 3.22. The molecule has 122 valence electrons. The van der Waals surface area contributed by atoms with Crippen LogP contribution in [0.1, 0.15) is 35.2 Å². The topological polar surface area (TPSA) is 49.4 Å². The summed E-state index contributed by atoms with van der Waals surface area (Å²) in [5.41, 5.74) is 3.53. The normalized spacial score (nSPS) is 16.4. The van der Waals surface area contributed by atoms with Crippen molar-refractivity contribution in [2.24, 2.45) is 5.92 Å². The first-order valence-electron chi connectivity index (χ1n) is 8.53. The summed E-state index contributed by atoms with van der Waals surface area (Å²) in [4.78, 5) is 26.7. The quantitative estimate of drug-likeness (QED) is 0.939. The zero-order valence-corrected chi connectivity index (χ0v) is 13.5. The number of amides is 2. The fourth-order valence-corrected chi connectivity index (χ4v) is 3.22. The predicted octanol–water partition coefficient (Wildman–Crippen LogP) is 3.63. The van der Waals surface area contributed by atoms with Crippen LogP contribution in [0, 0.1) is 5.92 Å². The number of para-hydroxylation sites is 1. The zero-order valence-electron chi connectivity index (χ0n) is 13.5. The summed E-state index contributed by atoms with van der Waals surface area (Å²) in [7, 11) is 0. The molecule has 4 nitrogen and oxygen atoms in total. The molecule has 0 radical (unpaired) electrons. The van der Waals surface area contributed by atoms with Gasteiger partial charge in [-0.1, -0.05) is 24.3 Å². The van der Waals surface area contributed by atoms with Crippen LogP contribution in [0.4, 0.5) is 11.4 Å². The van der Waals surface area contributed by atoms with E-state index in [1.807, 2.05) is 41.3 Å². The number of nitrogens with one attached hydrogen (secondary N) is 1. The Hall–Kier alpha value is -2.62. The van der Waals surface area contributed by atoms with Gasteiger partial charge in [0.25, 0.3) is 5.91 Å². The average Bonchev–Trinajstić information content (AvgIpc) is 3.46. The van der Waals surface area contributed by atoms with Crippen LogP contribution < -0.4 is 10.2 Å². The number of carbonyl (C=O) groups excluding carboxylic acids is 2. The van der Waals surface area contributed by atoms with Crippen molar-refractivity contribution >= 4 is 23.2 Å². The van der Waals surface area contributed by atoms with Crippen molar-refractivity contribution < 1.29 is 9.59 Å². The van der Waals surface area contributed by atoms with E-state index in [0.717, 1.165) is 37.9 Å². The Morgan fingerprint density at radius 1 is 1.04 bits per heavy atom. The minimum atomic E-state index is -0.00956. The van der Waals surface area contributed by atoms with Gasteiger partial charge in [-0.25, -0.2) is 0 Å². The monoisotopic (exact) mass is 320 g/mol. The summed E-state index contributed by atoms with van der Waals surface area (Å²) in [6, 6.07) is 15.3. The largest absolute Gasteiger partial charge is 0.326 e. The number of hydrogen-bond donors (Lipinski definition) is 1. The van der Waals surface area contributed by atoms with Gasteiger partial charge in [-0.2, -0.15) is 0 Å². The van der Waals surface area contributed by atoms with Gasteiger partial charge in [-0.05, 0) is 55.5 Å². The maximum atomic E-state index is 13.0. The third-order valence-corrected chi connectivity index (χ3v) is 4.68. The Bertz CT molecular complexity index is 796. The SMILES string of the molecule is O=C(Nc1cccc(C(=O)N2CCCc3ccccc32)c1)C1CC1. The minimum absolute atomic E-state index is 0.00956. The molecule has 2 aliphatic rings. The number of benzene rings is 2. The molecule has 1 saturated carbocycles. The van der Waals surface area contributed by atoms with Crippen molar-refractivity contribution in [3.05, 3.63) is 59.7 Å². The van der Waals surface area contributed by atoms with E-state index in [2.05, 4.69) is 11.4 Å². The van der Waals surface area contributed by atoms with Crippen LogP contribution >= 0.6 is 0 Å². The second-order valence-corrected chi connectivity index (χ2v) is 6.53. The fraction of sp³-hybridized carbons (Fsp3) is 0.300. The first-order valence-corrected chi connectivity index (χ1v) is 8.53. The highest BCUT2D eigenvalue weighted by atomic mass is 16.2. The Morgan fingerprint density at radius 3 is 2.71 bits per heavy atom. The number of aryl methyl sites for hydroxylation is 1. The highest BCUT2D eigenvalue weighted by molar-refractivity contribution is 6.07. The summed E-state index contributed by atoms with van der Waals surface area (Å²) in [5, 5.41) is 2.91. The van der Waals surface area contributed by atoms with Gasteiger partial charge in [0.2, 0.25) is 5.91 Å². The van der Waals surface area contributed by atoms with Crippen molar-refractivity contribution in [2.45, 2.75) is 25.7 Å². The summed E-state index contributed by atoms with van der Waals surface area (Å²) in [6.07, 6.45) is 3.92. The van der Waals surface area contributed by atoms with Gasteiger partial charge >= 0.3 is 0 Å².